The molecule has 0 radical (unpaired) electrons. The zero-order chi connectivity index (χ0) is 18.6. The van der Waals surface area contributed by atoms with Gasteiger partial charge in [-0.15, -0.1) is 11.8 Å². The molecule has 0 bridgehead atoms. The second kappa shape index (κ2) is 7.62. The van der Waals surface area contributed by atoms with Crippen molar-refractivity contribution in [2.24, 2.45) is 0 Å². The predicted octanol–water partition coefficient (Wildman–Crippen LogP) is 3.38. The Labute approximate surface area is 148 Å². The smallest absolute Gasteiger partial charge is 0.258 e. The molecule has 2 aromatic carbocycles. The molecule has 0 atom stereocenters. The number of nitro benzene ring substituents is 2. The van der Waals surface area contributed by atoms with E-state index in [1.165, 1.54) is 11.8 Å². The van der Waals surface area contributed by atoms with Crippen molar-refractivity contribution in [3.05, 3.63) is 68.3 Å². The summed E-state index contributed by atoms with van der Waals surface area (Å²) in [5.74, 6) is -0.107. The molecule has 2 rings (SSSR count). The molecule has 25 heavy (non-hydrogen) atoms. The third-order valence-electron chi connectivity index (χ3n) is 3.33. The van der Waals surface area contributed by atoms with Gasteiger partial charge in [0.1, 0.15) is 4.90 Å². The van der Waals surface area contributed by atoms with Gasteiger partial charge >= 0.3 is 0 Å². The maximum Gasteiger partial charge on any atom is 0.294 e. The molecule has 0 spiro atoms. The maximum atomic E-state index is 12.4. The van der Waals surface area contributed by atoms with Gasteiger partial charge in [-0.1, -0.05) is 17.7 Å². The van der Waals surface area contributed by atoms with Gasteiger partial charge in [-0.05, 0) is 25.1 Å². The van der Waals surface area contributed by atoms with Crippen molar-refractivity contribution >= 4 is 33.0 Å². The summed E-state index contributed by atoms with van der Waals surface area (Å²) >= 11 is 1.32. The highest BCUT2D eigenvalue weighted by molar-refractivity contribution is 8.00. The fourth-order valence-electron chi connectivity index (χ4n) is 2.04. The minimum absolute atomic E-state index is 0.208. The van der Waals surface area contributed by atoms with E-state index in [0.717, 1.165) is 22.6 Å². The lowest BCUT2D eigenvalue weighted by molar-refractivity contribution is -0.396. The summed E-state index contributed by atoms with van der Waals surface area (Å²) in [5.41, 5.74) is -0.229. The van der Waals surface area contributed by atoms with Crippen LogP contribution in [0.5, 0.6) is 0 Å². The minimum Gasteiger partial charge on any atom is -0.258 e. The number of nitro groups is 2. The quantitative estimate of drug-likeness (QED) is 0.409. The van der Waals surface area contributed by atoms with Crippen LogP contribution in [-0.2, 0) is 9.84 Å². The monoisotopic (exact) mass is 382 g/mol. The van der Waals surface area contributed by atoms with Gasteiger partial charge in [0.2, 0.25) is 0 Å². The molecule has 0 heterocycles. The van der Waals surface area contributed by atoms with Gasteiger partial charge in [-0.25, -0.2) is 8.42 Å². The molecule has 0 fully saturated rings. The molecule has 0 unspecified atom stereocenters. The summed E-state index contributed by atoms with van der Waals surface area (Å²) in [6, 6.07) is 10.1. The Morgan fingerprint density at radius 2 is 1.64 bits per heavy atom. The molecule has 0 aromatic heterocycles. The van der Waals surface area contributed by atoms with Gasteiger partial charge in [0.15, 0.2) is 9.84 Å². The first-order valence-corrected chi connectivity index (χ1v) is 9.69. The second-order valence-electron chi connectivity index (χ2n) is 5.15. The van der Waals surface area contributed by atoms with Crippen molar-refractivity contribution in [2.75, 3.05) is 11.5 Å². The molecule has 0 aliphatic rings. The third kappa shape index (κ3) is 4.77. The minimum atomic E-state index is -3.94. The second-order valence-corrected chi connectivity index (χ2v) is 8.39. The van der Waals surface area contributed by atoms with Crippen LogP contribution < -0.4 is 0 Å². The fraction of sp³-hybridized carbons (Fsp3) is 0.200. The maximum absolute atomic E-state index is 12.4. The predicted molar refractivity (Wildman–Crippen MR) is 93.7 cm³/mol. The molecule has 0 saturated carbocycles. The summed E-state index contributed by atoms with van der Waals surface area (Å²) in [7, 11) is -3.94. The molecule has 0 N–H and O–H groups in total. The molecule has 132 valence electrons. The number of benzene rings is 2. The van der Waals surface area contributed by atoms with Crippen LogP contribution in [0, 0.1) is 27.2 Å². The normalized spacial score (nSPS) is 11.2. The van der Waals surface area contributed by atoms with E-state index in [2.05, 4.69) is 0 Å². The number of rotatable bonds is 7. The van der Waals surface area contributed by atoms with E-state index in [0.29, 0.717) is 6.07 Å². The van der Waals surface area contributed by atoms with Crippen molar-refractivity contribution < 1.29 is 18.3 Å². The van der Waals surface area contributed by atoms with Gasteiger partial charge < -0.3 is 0 Å². The van der Waals surface area contributed by atoms with E-state index >= 15 is 0 Å². The van der Waals surface area contributed by atoms with Crippen LogP contribution >= 0.6 is 11.8 Å². The number of hydrogen-bond donors (Lipinski definition) is 0. The van der Waals surface area contributed by atoms with Crippen LogP contribution in [0.15, 0.2) is 52.3 Å². The SMILES string of the molecule is Cc1ccc(SCCS(=O)(=O)c2ccc([N+](=O)[O-])cc2[N+](=O)[O-])cc1. The first-order chi connectivity index (χ1) is 11.7. The van der Waals surface area contributed by atoms with Gasteiger partial charge in [0.05, 0.1) is 21.7 Å². The Morgan fingerprint density at radius 3 is 2.20 bits per heavy atom. The average molecular weight is 382 g/mol. The molecule has 0 aliphatic heterocycles. The number of nitrogens with zero attached hydrogens (tertiary/aromatic N) is 2. The Kier molecular flexibility index (Phi) is 5.75. The van der Waals surface area contributed by atoms with E-state index in [4.69, 9.17) is 0 Å². The number of non-ortho nitro benzene ring substituents is 1. The van der Waals surface area contributed by atoms with E-state index in [1.807, 2.05) is 31.2 Å². The Bertz CT molecular complexity index is 910. The van der Waals surface area contributed by atoms with Crippen LogP contribution in [0.4, 0.5) is 11.4 Å². The van der Waals surface area contributed by atoms with E-state index in [1.54, 1.807) is 0 Å². The number of aryl methyl sites for hydroxylation is 1. The highest BCUT2D eigenvalue weighted by Gasteiger charge is 2.28. The van der Waals surface area contributed by atoms with Gasteiger partial charge in [-0.3, -0.25) is 20.2 Å². The lowest BCUT2D eigenvalue weighted by Crippen LogP contribution is -2.11. The van der Waals surface area contributed by atoms with Crippen LogP contribution in [0.1, 0.15) is 5.56 Å². The van der Waals surface area contributed by atoms with Crippen LogP contribution in [0.3, 0.4) is 0 Å². The summed E-state index contributed by atoms with van der Waals surface area (Å²) in [4.78, 5) is 20.5. The summed E-state index contributed by atoms with van der Waals surface area (Å²) in [5, 5.41) is 21.8. The van der Waals surface area contributed by atoms with Crippen molar-refractivity contribution in [1.82, 2.24) is 0 Å². The van der Waals surface area contributed by atoms with Crippen molar-refractivity contribution in [1.29, 1.82) is 0 Å². The third-order valence-corrected chi connectivity index (χ3v) is 6.36. The van der Waals surface area contributed by atoms with Crippen LogP contribution in [0.2, 0.25) is 0 Å². The molecular weight excluding hydrogens is 368 g/mol. The lowest BCUT2D eigenvalue weighted by Gasteiger charge is -2.06. The standard InChI is InChI=1S/C15H14N2O6S2/c1-11-2-5-13(6-3-11)24-8-9-25(22,23)15-7-4-12(16(18)19)10-14(15)17(20)21/h2-7,10H,8-9H2,1H3. The van der Waals surface area contributed by atoms with Crippen LogP contribution in [0.25, 0.3) is 0 Å². The first kappa shape index (κ1) is 18.9. The Hall–Kier alpha value is -2.46. The fourth-order valence-corrected chi connectivity index (χ4v) is 4.76. The summed E-state index contributed by atoms with van der Waals surface area (Å²) in [6.07, 6.45) is 0. The van der Waals surface area contributed by atoms with Gasteiger partial charge in [0.25, 0.3) is 11.4 Å². The molecule has 2 aromatic rings. The van der Waals surface area contributed by atoms with Crippen molar-refractivity contribution in [2.45, 2.75) is 16.7 Å². The Morgan fingerprint density at radius 1 is 1.00 bits per heavy atom. The zero-order valence-electron chi connectivity index (χ0n) is 13.1. The number of hydrogen-bond acceptors (Lipinski definition) is 7. The zero-order valence-corrected chi connectivity index (χ0v) is 14.7. The van der Waals surface area contributed by atoms with E-state index in [9.17, 15) is 28.6 Å². The molecular formula is C15H14N2O6S2. The number of thioether (sulfide) groups is 1. The molecule has 0 aliphatic carbocycles. The molecule has 0 saturated heterocycles. The molecule has 0 amide bonds. The van der Waals surface area contributed by atoms with E-state index < -0.39 is 36.0 Å². The highest BCUT2D eigenvalue weighted by atomic mass is 32.2. The lowest BCUT2D eigenvalue weighted by atomic mass is 10.2. The summed E-state index contributed by atoms with van der Waals surface area (Å²) < 4.78 is 24.8. The summed E-state index contributed by atoms with van der Waals surface area (Å²) in [6.45, 7) is 1.94. The van der Waals surface area contributed by atoms with Crippen molar-refractivity contribution in [3.63, 3.8) is 0 Å². The van der Waals surface area contributed by atoms with Gasteiger partial charge in [0, 0.05) is 16.7 Å². The van der Waals surface area contributed by atoms with E-state index in [-0.39, 0.29) is 11.5 Å². The topological polar surface area (TPSA) is 120 Å². The molecule has 8 nitrogen and oxygen atoms in total. The van der Waals surface area contributed by atoms with Crippen LogP contribution in [-0.4, -0.2) is 29.8 Å². The van der Waals surface area contributed by atoms with Crippen molar-refractivity contribution in [3.8, 4) is 0 Å². The largest absolute Gasteiger partial charge is 0.294 e. The number of sulfone groups is 1. The first-order valence-electron chi connectivity index (χ1n) is 7.06. The van der Waals surface area contributed by atoms with Gasteiger partial charge in [-0.2, -0.15) is 0 Å². The highest BCUT2D eigenvalue weighted by Crippen LogP contribution is 2.30. The molecule has 10 heteroatoms. The Balaban J connectivity index is 2.19. The average Bonchev–Trinajstić information content (AvgIpc) is 2.56.